The van der Waals surface area contributed by atoms with Gasteiger partial charge in [-0.25, -0.2) is 29.9 Å². The molecule has 8 nitrogen and oxygen atoms in total. The summed E-state index contributed by atoms with van der Waals surface area (Å²) in [6, 6.07) is 38.1. The predicted molar refractivity (Wildman–Crippen MR) is 209 cm³/mol. The van der Waals surface area contributed by atoms with E-state index in [4.69, 9.17) is 0 Å². The van der Waals surface area contributed by atoms with Gasteiger partial charge in [0.05, 0.1) is 0 Å². The fourth-order valence-corrected chi connectivity index (χ4v) is 4.24. The van der Waals surface area contributed by atoms with E-state index in [2.05, 4.69) is 130 Å². The molecule has 0 aliphatic carbocycles. The molecule has 51 heavy (non-hydrogen) atoms. The Kier molecular flexibility index (Phi) is 15.6. The fourth-order valence-electron chi connectivity index (χ4n) is 4.24. The zero-order valence-corrected chi connectivity index (χ0v) is 31.4. The first kappa shape index (κ1) is 39.7. The summed E-state index contributed by atoms with van der Waals surface area (Å²) in [4.78, 5) is 33.6. The van der Waals surface area contributed by atoms with Crippen LogP contribution in [0.25, 0.3) is 22.2 Å². The van der Waals surface area contributed by atoms with Crippen LogP contribution in [-0.2, 0) is 10.8 Å². The van der Waals surface area contributed by atoms with Crippen LogP contribution < -0.4 is 0 Å². The molecule has 0 N–H and O–H groups in total. The summed E-state index contributed by atoms with van der Waals surface area (Å²) < 4.78 is 0. The zero-order valence-electron chi connectivity index (χ0n) is 31.4. The highest BCUT2D eigenvalue weighted by molar-refractivity contribution is 5.82. The summed E-state index contributed by atoms with van der Waals surface area (Å²) in [6.45, 7) is 18.3. The maximum Gasteiger partial charge on any atom is 0.163 e. The molecule has 262 valence electrons. The van der Waals surface area contributed by atoms with Gasteiger partial charge in [-0.3, -0.25) is 9.97 Å². The first-order valence-corrected chi connectivity index (χ1v) is 16.9. The maximum atomic E-state index is 4.55. The van der Waals surface area contributed by atoms with E-state index in [-0.39, 0.29) is 10.8 Å². The van der Waals surface area contributed by atoms with Crippen LogP contribution in [0.3, 0.4) is 0 Å². The third-order valence-electron chi connectivity index (χ3n) is 6.77. The molecule has 3 aromatic carbocycles. The monoisotopic (exact) mass is 678 g/mol. The molecule has 0 aliphatic heterocycles. The number of hydrogen-bond donors (Lipinski definition) is 0. The molecule has 4 heterocycles. The quantitative estimate of drug-likeness (QED) is 0.169. The van der Waals surface area contributed by atoms with Crippen LogP contribution in [0.1, 0.15) is 70.7 Å². The van der Waals surface area contributed by atoms with Gasteiger partial charge in [-0.1, -0.05) is 133 Å². The first-order valence-electron chi connectivity index (χ1n) is 16.9. The lowest BCUT2D eigenvalue weighted by Gasteiger charge is -2.17. The summed E-state index contributed by atoms with van der Waals surface area (Å²) >= 11 is 0. The number of aromatic nitrogens is 8. The van der Waals surface area contributed by atoms with Gasteiger partial charge in [-0.05, 0) is 55.8 Å². The van der Waals surface area contributed by atoms with Gasteiger partial charge in [-0.15, -0.1) is 0 Å². The van der Waals surface area contributed by atoms with Crippen LogP contribution in [0.2, 0.25) is 0 Å². The Morgan fingerprint density at radius 3 is 1.02 bits per heavy atom. The van der Waals surface area contributed by atoms with Crippen LogP contribution in [0.5, 0.6) is 0 Å². The molecular formula is C43H50N8. The van der Waals surface area contributed by atoms with Crippen molar-refractivity contribution in [1.82, 2.24) is 39.9 Å². The van der Waals surface area contributed by atoms with Gasteiger partial charge >= 0.3 is 0 Å². The minimum atomic E-state index is -0.0583. The van der Waals surface area contributed by atoms with E-state index < -0.39 is 0 Å². The van der Waals surface area contributed by atoms with Gasteiger partial charge < -0.3 is 0 Å². The van der Waals surface area contributed by atoms with E-state index in [0.717, 1.165) is 40.5 Å². The van der Waals surface area contributed by atoms with Gasteiger partial charge in [-0.2, -0.15) is 0 Å². The SMILES string of the molecule is Cc1nc(-c2ccccc2)nc(C(C)(C)C)n1.Cc1nc(C)nc(C(C)(C)C)n1.c1ccc2ccccc2c1.c1ccncc1.c1ccncc1. The third-order valence-corrected chi connectivity index (χ3v) is 6.77. The number of benzene rings is 3. The highest BCUT2D eigenvalue weighted by Crippen LogP contribution is 2.21. The molecule has 0 saturated carbocycles. The van der Waals surface area contributed by atoms with Crippen molar-refractivity contribution in [2.45, 2.75) is 73.1 Å². The van der Waals surface area contributed by atoms with E-state index in [1.165, 1.54) is 10.8 Å². The predicted octanol–water partition coefficient (Wildman–Crippen LogP) is 9.93. The molecule has 8 heteroatoms. The van der Waals surface area contributed by atoms with Crippen molar-refractivity contribution in [3.05, 3.63) is 169 Å². The zero-order chi connectivity index (χ0) is 37.1. The average molecular weight is 679 g/mol. The summed E-state index contributed by atoms with van der Waals surface area (Å²) in [7, 11) is 0. The Morgan fingerprint density at radius 2 is 0.686 bits per heavy atom. The summed E-state index contributed by atoms with van der Waals surface area (Å²) in [5.74, 6) is 4.82. The Balaban J connectivity index is 0.000000182. The van der Waals surface area contributed by atoms with Crippen molar-refractivity contribution >= 4 is 10.8 Å². The van der Waals surface area contributed by atoms with Gasteiger partial charge in [0.1, 0.15) is 29.1 Å². The van der Waals surface area contributed by atoms with Crippen molar-refractivity contribution in [3.8, 4) is 11.4 Å². The van der Waals surface area contributed by atoms with Crippen LogP contribution >= 0.6 is 0 Å². The summed E-state index contributed by atoms with van der Waals surface area (Å²) in [5, 5.41) is 2.62. The second kappa shape index (κ2) is 20.0. The Hall–Kier alpha value is -5.76. The number of rotatable bonds is 1. The average Bonchev–Trinajstić information content (AvgIpc) is 3.13. The van der Waals surface area contributed by atoms with Crippen LogP contribution in [0, 0.1) is 20.8 Å². The molecular weight excluding hydrogens is 629 g/mol. The lowest BCUT2D eigenvalue weighted by atomic mass is 9.95. The molecule has 0 atom stereocenters. The molecule has 0 fully saturated rings. The molecule has 0 bridgehead atoms. The van der Waals surface area contributed by atoms with Crippen molar-refractivity contribution in [1.29, 1.82) is 0 Å². The molecule has 7 rings (SSSR count). The number of pyridine rings is 2. The number of aryl methyl sites for hydroxylation is 3. The van der Waals surface area contributed by atoms with Crippen molar-refractivity contribution < 1.29 is 0 Å². The Labute approximate surface area is 303 Å². The minimum absolute atomic E-state index is 0.0124. The largest absolute Gasteiger partial charge is 0.265 e. The highest BCUT2D eigenvalue weighted by Gasteiger charge is 2.19. The molecule has 4 aromatic heterocycles. The number of hydrogen-bond acceptors (Lipinski definition) is 8. The fraction of sp³-hybridized carbons (Fsp3) is 0.256. The highest BCUT2D eigenvalue weighted by atomic mass is 15.0. The normalized spacial score (nSPS) is 10.5. The second-order valence-electron chi connectivity index (χ2n) is 13.5. The molecule has 7 aromatic rings. The smallest absolute Gasteiger partial charge is 0.163 e. The second-order valence-corrected chi connectivity index (χ2v) is 13.5. The summed E-state index contributed by atoms with van der Waals surface area (Å²) in [5.41, 5.74) is 0.985. The topological polar surface area (TPSA) is 103 Å². The summed E-state index contributed by atoms with van der Waals surface area (Å²) in [6.07, 6.45) is 7.00. The molecule has 0 saturated heterocycles. The first-order chi connectivity index (χ1) is 24.3. The molecule has 0 unspecified atom stereocenters. The van der Waals surface area contributed by atoms with Crippen LogP contribution in [0.15, 0.2) is 140 Å². The minimum Gasteiger partial charge on any atom is -0.265 e. The van der Waals surface area contributed by atoms with E-state index >= 15 is 0 Å². The number of nitrogens with zero attached hydrogens (tertiary/aromatic N) is 8. The van der Waals surface area contributed by atoms with Gasteiger partial charge in [0.15, 0.2) is 5.82 Å². The van der Waals surface area contributed by atoms with Gasteiger partial charge in [0, 0.05) is 41.2 Å². The molecule has 0 radical (unpaired) electrons. The van der Waals surface area contributed by atoms with E-state index in [0.29, 0.717) is 0 Å². The van der Waals surface area contributed by atoms with Crippen molar-refractivity contribution in [3.63, 3.8) is 0 Å². The van der Waals surface area contributed by atoms with E-state index in [1.807, 2.05) is 87.5 Å². The number of fused-ring (bicyclic) bond motifs is 1. The van der Waals surface area contributed by atoms with E-state index in [9.17, 15) is 0 Å². The van der Waals surface area contributed by atoms with Crippen LogP contribution in [0.4, 0.5) is 0 Å². The third kappa shape index (κ3) is 15.1. The molecule has 0 spiro atoms. The van der Waals surface area contributed by atoms with Gasteiger partial charge in [0.2, 0.25) is 0 Å². The molecule has 0 aliphatic rings. The standard InChI is InChI=1S/C14H17N3.C10H8.C9H15N3.2C5H5N/c1-10-15-12(11-8-6-5-7-9-11)17-13(16-10)14(2,3)4;1-2-6-10-8-4-3-7-9(10)5-1;1-6-10-7(2)12-8(11-6)9(3,4)5;2*1-2-4-6-5-3-1/h5-9H,1-4H3;1-8H;1-5H3;2*1-5H. The van der Waals surface area contributed by atoms with Crippen molar-refractivity contribution in [2.24, 2.45) is 0 Å². The Bertz CT molecular complexity index is 1820. The van der Waals surface area contributed by atoms with Crippen molar-refractivity contribution in [2.75, 3.05) is 0 Å². The maximum absolute atomic E-state index is 4.55. The lowest BCUT2D eigenvalue weighted by Crippen LogP contribution is -2.18. The van der Waals surface area contributed by atoms with Crippen LogP contribution in [-0.4, -0.2) is 39.9 Å². The molecule has 0 amide bonds. The lowest BCUT2D eigenvalue weighted by molar-refractivity contribution is 0.534. The van der Waals surface area contributed by atoms with E-state index in [1.54, 1.807) is 24.8 Å². The Morgan fingerprint density at radius 1 is 0.353 bits per heavy atom. The van der Waals surface area contributed by atoms with Gasteiger partial charge in [0.25, 0.3) is 0 Å².